The van der Waals surface area contributed by atoms with E-state index in [-0.39, 0.29) is 0 Å². The number of aromatic nitrogens is 1. The number of aryl methyl sites for hydroxylation is 1. The summed E-state index contributed by atoms with van der Waals surface area (Å²) in [6.07, 6.45) is 3.30. The molecule has 18 heavy (non-hydrogen) atoms. The maximum Gasteiger partial charge on any atom is 0.0553 e. The Bertz CT molecular complexity index is 522. The molecule has 0 saturated heterocycles. The lowest BCUT2D eigenvalue weighted by Gasteiger charge is -2.11. The highest BCUT2D eigenvalue weighted by Gasteiger charge is 2.03. The quantitative estimate of drug-likeness (QED) is 0.685. The van der Waals surface area contributed by atoms with Crippen molar-refractivity contribution >= 4 is 44.2 Å². The van der Waals surface area contributed by atoms with Crippen molar-refractivity contribution in [2.24, 2.45) is 0 Å². The summed E-state index contributed by atoms with van der Waals surface area (Å²) in [7, 11) is 0. The number of halogens is 2. The number of hydrogen-bond donors (Lipinski definition) is 1. The monoisotopic (exact) mass is 418 g/mol. The molecule has 96 valence electrons. The van der Waals surface area contributed by atoms with Gasteiger partial charge < -0.3 is 9.88 Å². The zero-order valence-corrected chi connectivity index (χ0v) is 14.0. The van der Waals surface area contributed by atoms with Gasteiger partial charge in [-0.25, -0.2) is 0 Å². The lowest BCUT2D eigenvalue weighted by Crippen LogP contribution is -2.07. The summed E-state index contributed by atoms with van der Waals surface area (Å²) in [6, 6.07) is 10.6. The molecule has 1 N–H and O–H groups in total. The fourth-order valence-electron chi connectivity index (χ4n) is 1.89. The minimum Gasteiger partial charge on any atom is -0.379 e. The Labute approximate surface area is 130 Å². The highest BCUT2D eigenvalue weighted by atomic mass is 127. The molecule has 0 atom stereocenters. The SMILES string of the molecule is CCCn1cccc1CNc1ccc(I)cc1Br. The van der Waals surface area contributed by atoms with Crippen molar-refractivity contribution in [3.8, 4) is 0 Å². The largest absolute Gasteiger partial charge is 0.379 e. The van der Waals surface area contributed by atoms with Crippen molar-refractivity contribution < 1.29 is 0 Å². The van der Waals surface area contributed by atoms with Gasteiger partial charge in [0.25, 0.3) is 0 Å². The van der Waals surface area contributed by atoms with Crippen LogP contribution in [0.4, 0.5) is 5.69 Å². The third-order valence-electron chi connectivity index (χ3n) is 2.78. The molecule has 1 aromatic heterocycles. The van der Waals surface area contributed by atoms with Crippen molar-refractivity contribution in [2.45, 2.75) is 26.4 Å². The molecule has 1 heterocycles. The first-order chi connectivity index (χ1) is 8.70. The zero-order chi connectivity index (χ0) is 13.0. The first-order valence-corrected chi connectivity index (χ1v) is 7.91. The number of rotatable bonds is 5. The Kier molecular flexibility index (Phi) is 5.12. The van der Waals surface area contributed by atoms with Gasteiger partial charge in [0.1, 0.15) is 0 Å². The van der Waals surface area contributed by atoms with Crippen molar-refractivity contribution in [3.63, 3.8) is 0 Å². The lowest BCUT2D eigenvalue weighted by molar-refractivity contribution is 0.654. The normalized spacial score (nSPS) is 10.6. The van der Waals surface area contributed by atoms with Gasteiger partial charge in [-0.2, -0.15) is 0 Å². The number of nitrogens with one attached hydrogen (secondary N) is 1. The summed E-state index contributed by atoms with van der Waals surface area (Å²) in [4.78, 5) is 0. The van der Waals surface area contributed by atoms with Crippen LogP contribution in [-0.4, -0.2) is 4.57 Å². The Balaban J connectivity index is 2.04. The van der Waals surface area contributed by atoms with Crippen molar-refractivity contribution in [1.29, 1.82) is 0 Å². The van der Waals surface area contributed by atoms with Crippen molar-refractivity contribution in [1.82, 2.24) is 4.57 Å². The van der Waals surface area contributed by atoms with Gasteiger partial charge in [0.2, 0.25) is 0 Å². The van der Waals surface area contributed by atoms with E-state index in [1.807, 2.05) is 0 Å². The van der Waals surface area contributed by atoms with Crippen LogP contribution in [0.5, 0.6) is 0 Å². The summed E-state index contributed by atoms with van der Waals surface area (Å²) >= 11 is 5.90. The van der Waals surface area contributed by atoms with Crippen LogP contribution in [0.2, 0.25) is 0 Å². The van der Waals surface area contributed by atoms with Crippen LogP contribution in [0, 0.1) is 3.57 Å². The van der Waals surface area contributed by atoms with Gasteiger partial charge in [0, 0.05) is 32.2 Å². The summed E-state index contributed by atoms with van der Waals surface area (Å²) < 4.78 is 4.65. The molecule has 0 aliphatic rings. The van der Waals surface area contributed by atoms with Gasteiger partial charge in [-0.1, -0.05) is 6.92 Å². The number of nitrogens with zero attached hydrogens (tertiary/aromatic N) is 1. The summed E-state index contributed by atoms with van der Waals surface area (Å²) in [6.45, 7) is 4.14. The van der Waals surface area contributed by atoms with Gasteiger partial charge in [-0.15, -0.1) is 0 Å². The lowest BCUT2D eigenvalue weighted by atomic mass is 10.3. The van der Waals surface area contributed by atoms with E-state index in [2.05, 4.69) is 91.9 Å². The van der Waals surface area contributed by atoms with Crippen molar-refractivity contribution in [2.75, 3.05) is 5.32 Å². The topological polar surface area (TPSA) is 17.0 Å². The fraction of sp³-hybridized carbons (Fsp3) is 0.286. The first-order valence-electron chi connectivity index (χ1n) is 6.03. The van der Waals surface area contributed by atoms with Crippen LogP contribution < -0.4 is 5.32 Å². The van der Waals surface area contributed by atoms with Crippen LogP contribution in [-0.2, 0) is 13.1 Å². The van der Waals surface area contributed by atoms with E-state index >= 15 is 0 Å². The van der Waals surface area contributed by atoms with E-state index in [4.69, 9.17) is 0 Å². The summed E-state index contributed by atoms with van der Waals surface area (Å²) in [5.41, 5.74) is 2.46. The molecule has 0 fully saturated rings. The summed E-state index contributed by atoms with van der Waals surface area (Å²) in [5.74, 6) is 0. The molecule has 0 bridgehead atoms. The molecule has 0 spiro atoms. The highest BCUT2D eigenvalue weighted by molar-refractivity contribution is 14.1. The predicted molar refractivity (Wildman–Crippen MR) is 88.9 cm³/mol. The average Bonchev–Trinajstić information content (AvgIpc) is 2.76. The van der Waals surface area contributed by atoms with Crippen LogP contribution in [0.15, 0.2) is 41.0 Å². The van der Waals surface area contributed by atoms with Gasteiger partial charge in [-0.05, 0) is 75.3 Å². The number of benzene rings is 1. The van der Waals surface area contributed by atoms with E-state index in [9.17, 15) is 0 Å². The fourth-order valence-corrected chi connectivity index (χ4v) is 3.33. The van der Waals surface area contributed by atoms with Crippen LogP contribution >= 0.6 is 38.5 Å². The molecular weight excluding hydrogens is 403 g/mol. The smallest absolute Gasteiger partial charge is 0.0553 e. The predicted octanol–water partition coefficient (Wildman–Crippen LogP) is 4.88. The van der Waals surface area contributed by atoms with E-state index in [1.165, 1.54) is 9.26 Å². The van der Waals surface area contributed by atoms with Gasteiger partial charge >= 0.3 is 0 Å². The van der Waals surface area contributed by atoms with E-state index < -0.39 is 0 Å². The maximum absolute atomic E-state index is 3.59. The van der Waals surface area contributed by atoms with E-state index in [0.717, 1.165) is 29.7 Å². The molecule has 2 aromatic rings. The zero-order valence-electron chi connectivity index (χ0n) is 10.3. The molecule has 0 amide bonds. The third kappa shape index (κ3) is 3.51. The highest BCUT2D eigenvalue weighted by Crippen LogP contribution is 2.24. The molecule has 4 heteroatoms. The Morgan fingerprint density at radius 3 is 2.89 bits per heavy atom. The van der Waals surface area contributed by atoms with Gasteiger partial charge in [0.15, 0.2) is 0 Å². The molecule has 2 nitrogen and oxygen atoms in total. The molecular formula is C14H16BrIN2. The second-order valence-corrected chi connectivity index (χ2v) is 6.27. The molecule has 1 aromatic carbocycles. The molecule has 0 saturated carbocycles. The molecule has 0 aliphatic heterocycles. The third-order valence-corrected chi connectivity index (χ3v) is 4.11. The van der Waals surface area contributed by atoms with Crippen LogP contribution in [0.25, 0.3) is 0 Å². The van der Waals surface area contributed by atoms with E-state index in [1.54, 1.807) is 0 Å². The average molecular weight is 419 g/mol. The minimum atomic E-state index is 0.853. The van der Waals surface area contributed by atoms with Gasteiger partial charge in [0.05, 0.1) is 6.54 Å². The first kappa shape index (κ1) is 13.9. The standard InChI is InChI=1S/C14H16BrIN2/c1-2-7-18-8-3-4-12(18)10-17-14-6-5-11(16)9-13(14)15/h3-6,8-9,17H,2,7,10H2,1H3. The van der Waals surface area contributed by atoms with Crippen molar-refractivity contribution in [3.05, 3.63) is 50.3 Å². The summed E-state index contributed by atoms with van der Waals surface area (Å²) in [5, 5.41) is 3.47. The maximum atomic E-state index is 3.59. The molecule has 2 rings (SSSR count). The van der Waals surface area contributed by atoms with E-state index in [0.29, 0.717) is 0 Å². The Morgan fingerprint density at radius 1 is 1.33 bits per heavy atom. The molecule has 0 unspecified atom stereocenters. The number of hydrogen-bond acceptors (Lipinski definition) is 1. The molecule has 0 aliphatic carbocycles. The number of anilines is 1. The Morgan fingerprint density at radius 2 is 2.17 bits per heavy atom. The molecule has 0 radical (unpaired) electrons. The Hall–Kier alpha value is -0.490. The van der Waals surface area contributed by atoms with Gasteiger partial charge in [-0.3, -0.25) is 0 Å². The second kappa shape index (κ2) is 6.61. The minimum absolute atomic E-state index is 0.853. The second-order valence-electron chi connectivity index (χ2n) is 4.17. The van der Waals surface area contributed by atoms with Crippen LogP contribution in [0.3, 0.4) is 0 Å². The van der Waals surface area contributed by atoms with Crippen LogP contribution in [0.1, 0.15) is 19.0 Å².